The Kier molecular flexibility index (Phi) is 3.77. The summed E-state index contributed by atoms with van der Waals surface area (Å²) >= 11 is 0. The number of likely N-dealkylation sites (N-methyl/N-ethyl adjacent to an activating group) is 1. The van der Waals surface area contributed by atoms with Crippen LogP contribution in [0.2, 0.25) is 0 Å². The zero-order valence-electron chi connectivity index (χ0n) is 17.4. The van der Waals surface area contributed by atoms with Crippen molar-refractivity contribution in [2.45, 2.75) is 42.7 Å². The smallest absolute Gasteiger partial charge is 0.443 e. The van der Waals surface area contributed by atoms with Crippen molar-refractivity contribution in [3.8, 4) is 11.5 Å². The van der Waals surface area contributed by atoms with E-state index in [-0.39, 0.29) is 6.04 Å². The van der Waals surface area contributed by atoms with Crippen molar-refractivity contribution in [2.75, 3.05) is 20.7 Å². The molecule has 2 bridgehead atoms. The number of aromatic nitrogens is 2. The number of benzene rings is 1. The van der Waals surface area contributed by atoms with Gasteiger partial charge in [-0.15, -0.1) is 0 Å². The highest BCUT2D eigenvalue weighted by atomic mass is 16.7. The minimum atomic E-state index is -0.973. The highest BCUT2D eigenvalue weighted by molar-refractivity contribution is 5.70. The molecule has 6 rings (SSSR count). The van der Waals surface area contributed by atoms with Crippen LogP contribution in [-0.4, -0.2) is 58.0 Å². The van der Waals surface area contributed by atoms with E-state index in [9.17, 15) is 9.90 Å². The average Bonchev–Trinajstić information content (AvgIpc) is 3.41. The fraction of sp³-hybridized carbons (Fsp3) is 0.455. The monoisotopic (exact) mass is 424 g/mol. The Morgan fingerprint density at radius 2 is 2.26 bits per heavy atom. The van der Waals surface area contributed by atoms with Crippen LogP contribution in [0, 0.1) is 0 Å². The zero-order valence-corrected chi connectivity index (χ0v) is 17.4. The molecule has 1 unspecified atom stereocenters. The number of nitrogens with one attached hydrogen (secondary N) is 1. The van der Waals surface area contributed by atoms with Gasteiger partial charge < -0.3 is 24.3 Å². The maximum atomic E-state index is 12.3. The fourth-order valence-electron chi connectivity index (χ4n) is 6.11. The van der Waals surface area contributed by atoms with Gasteiger partial charge in [0.15, 0.2) is 11.5 Å². The fourth-order valence-corrected chi connectivity index (χ4v) is 6.11. The lowest BCUT2D eigenvalue weighted by Crippen LogP contribution is -2.72. The number of nitrogens with zero attached hydrogens (tertiary/aromatic N) is 3. The number of hydrogen-bond donors (Lipinski definition) is 2. The predicted octanol–water partition coefficient (Wildman–Crippen LogP) is 1.71. The number of piperidine rings is 1. The summed E-state index contributed by atoms with van der Waals surface area (Å²) in [5.74, 6) is 1.95. The van der Waals surface area contributed by atoms with E-state index < -0.39 is 17.1 Å². The van der Waals surface area contributed by atoms with E-state index in [0.29, 0.717) is 42.2 Å². The van der Waals surface area contributed by atoms with Crippen molar-refractivity contribution >= 4 is 6.09 Å². The molecule has 9 heteroatoms. The van der Waals surface area contributed by atoms with Crippen LogP contribution in [0.5, 0.6) is 11.5 Å². The van der Waals surface area contributed by atoms with E-state index in [4.69, 9.17) is 14.3 Å². The second-order valence-electron chi connectivity index (χ2n) is 8.76. The van der Waals surface area contributed by atoms with Crippen LogP contribution >= 0.6 is 0 Å². The number of methoxy groups -OCH3 is 1. The molecular weight excluding hydrogens is 400 g/mol. The van der Waals surface area contributed by atoms with Gasteiger partial charge in [0.2, 0.25) is 0 Å². The molecule has 3 heterocycles. The first-order chi connectivity index (χ1) is 15.0. The summed E-state index contributed by atoms with van der Waals surface area (Å²) in [6, 6.07) is 3.99. The summed E-state index contributed by atoms with van der Waals surface area (Å²) in [5.41, 5.74) is 4.04. The Morgan fingerprint density at radius 1 is 1.39 bits per heavy atom. The molecule has 1 fully saturated rings. The van der Waals surface area contributed by atoms with E-state index in [1.807, 2.05) is 6.07 Å². The molecular formula is C22H24N4O5. The largest absolute Gasteiger partial charge is 0.493 e. The normalized spacial score (nSPS) is 30.5. The molecule has 0 saturated carbocycles. The van der Waals surface area contributed by atoms with Gasteiger partial charge in [-0.2, -0.15) is 0 Å². The van der Waals surface area contributed by atoms with Crippen molar-refractivity contribution in [1.82, 2.24) is 19.9 Å². The Hall–Kier alpha value is -3.04. The van der Waals surface area contributed by atoms with Gasteiger partial charge in [-0.1, -0.05) is 6.07 Å². The third kappa shape index (κ3) is 2.22. The van der Waals surface area contributed by atoms with Gasteiger partial charge in [-0.25, -0.2) is 19.8 Å². The quantitative estimate of drug-likeness (QED) is 0.719. The number of carbonyl (C=O) groups is 1. The lowest BCUT2D eigenvalue weighted by atomic mass is 9.51. The third-order valence-electron chi connectivity index (χ3n) is 7.53. The highest BCUT2D eigenvalue weighted by Crippen LogP contribution is 2.66. The zero-order chi connectivity index (χ0) is 21.4. The first-order valence-corrected chi connectivity index (χ1v) is 10.5. The number of carbonyl (C=O) groups excluding carboxylic acids is 1. The van der Waals surface area contributed by atoms with Crippen LogP contribution in [0.25, 0.3) is 0 Å². The molecule has 1 spiro atoms. The lowest BCUT2D eigenvalue weighted by molar-refractivity contribution is -0.141. The SMILES string of the molecule is COc1ccc2c3c1OC1=C(NOC(=O)n4ccnc4)CC[C@@]4(O)C(C2)N(C)CC[C@@]134. The van der Waals surface area contributed by atoms with Gasteiger partial charge in [0.05, 0.1) is 23.8 Å². The van der Waals surface area contributed by atoms with Crippen molar-refractivity contribution in [3.63, 3.8) is 0 Å². The molecule has 2 aliphatic heterocycles. The van der Waals surface area contributed by atoms with Gasteiger partial charge in [0, 0.05) is 24.0 Å². The van der Waals surface area contributed by atoms with Crippen LogP contribution < -0.4 is 15.0 Å². The maximum Gasteiger partial charge on any atom is 0.443 e. The molecule has 1 saturated heterocycles. The number of aliphatic hydroxyl groups is 1. The molecule has 31 heavy (non-hydrogen) atoms. The summed E-state index contributed by atoms with van der Waals surface area (Å²) < 4.78 is 13.3. The first kappa shape index (κ1) is 18.7. The number of hydroxylamine groups is 1. The molecule has 4 aliphatic rings. The summed E-state index contributed by atoms with van der Waals surface area (Å²) in [7, 11) is 3.69. The van der Waals surface area contributed by atoms with Crippen LogP contribution in [0.1, 0.15) is 30.4 Å². The molecule has 9 nitrogen and oxygen atoms in total. The molecule has 2 N–H and O–H groups in total. The Labute approximate surface area is 179 Å². The van der Waals surface area contributed by atoms with E-state index in [0.717, 1.165) is 18.5 Å². The van der Waals surface area contributed by atoms with Crippen LogP contribution in [0.3, 0.4) is 0 Å². The Balaban J connectivity index is 1.48. The highest BCUT2D eigenvalue weighted by Gasteiger charge is 2.70. The van der Waals surface area contributed by atoms with Crippen LogP contribution in [0.4, 0.5) is 4.79 Å². The molecule has 2 aromatic rings. The molecule has 0 radical (unpaired) electrons. The lowest BCUT2D eigenvalue weighted by Gasteiger charge is -2.60. The average molecular weight is 424 g/mol. The number of rotatable bonds is 3. The predicted molar refractivity (Wildman–Crippen MR) is 108 cm³/mol. The number of imidazole rings is 1. The van der Waals surface area contributed by atoms with Crippen molar-refractivity contribution in [3.05, 3.63) is 53.4 Å². The summed E-state index contributed by atoms with van der Waals surface area (Å²) in [5, 5.41) is 12.1. The molecule has 162 valence electrons. The molecule has 3 atom stereocenters. The van der Waals surface area contributed by atoms with Crippen LogP contribution in [0.15, 0.2) is 42.3 Å². The van der Waals surface area contributed by atoms with E-state index in [2.05, 4.69) is 28.5 Å². The minimum Gasteiger partial charge on any atom is -0.493 e. The van der Waals surface area contributed by atoms with E-state index >= 15 is 0 Å². The van der Waals surface area contributed by atoms with E-state index in [1.165, 1.54) is 28.9 Å². The van der Waals surface area contributed by atoms with Gasteiger partial charge in [0.25, 0.3) is 0 Å². The van der Waals surface area contributed by atoms with Gasteiger partial charge >= 0.3 is 6.09 Å². The molecule has 1 aromatic heterocycles. The van der Waals surface area contributed by atoms with Crippen molar-refractivity contribution in [2.24, 2.45) is 0 Å². The van der Waals surface area contributed by atoms with Gasteiger partial charge in [-0.3, -0.25) is 0 Å². The number of hydrogen-bond acceptors (Lipinski definition) is 8. The van der Waals surface area contributed by atoms with Gasteiger partial charge in [0.1, 0.15) is 12.1 Å². The first-order valence-electron chi connectivity index (χ1n) is 10.5. The molecule has 1 aromatic carbocycles. The van der Waals surface area contributed by atoms with Crippen LogP contribution in [-0.2, 0) is 16.7 Å². The number of likely N-dealkylation sites (tertiary alicyclic amines) is 1. The number of allylic oxidation sites excluding steroid dienone is 1. The summed E-state index contributed by atoms with van der Waals surface area (Å²) in [4.78, 5) is 23.8. The summed E-state index contributed by atoms with van der Waals surface area (Å²) in [6.07, 6.45) is 6.31. The molecule has 0 amide bonds. The van der Waals surface area contributed by atoms with Crippen molar-refractivity contribution < 1.29 is 24.2 Å². The minimum absolute atomic E-state index is 0.0123. The maximum absolute atomic E-state index is 12.3. The van der Waals surface area contributed by atoms with E-state index in [1.54, 1.807) is 7.11 Å². The standard InChI is InChI=1S/C22H24N4O5/c1-25-9-7-21-17-13-3-4-15(29-2)18(17)30-19(21)14(5-6-22(21,28)16(25)11-13)24-31-20(27)26-10-8-23-12-26/h3-4,8,10,12,16,24,28H,5-7,9,11H2,1-2H3/t16?,21-,22+/m0/s1. The second kappa shape index (κ2) is 6.24. The van der Waals surface area contributed by atoms with Gasteiger partial charge in [-0.05, 0) is 50.9 Å². The Morgan fingerprint density at radius 3 is 3.03 bits per heavy atom. The third-order valence-corrected chi connectivity index (χ3v) is 7.53. The number of ether oxygens (including phenoxy) is 2. The molecule has 2 aliphatic carbocycles. The van der Waals surface area contributed by atoms with Crippen molar-refractivity contribution in [1.29, 1.82) is 0 Å². The second-order valence-corrected chi connectivity index (χ2v) is 8.76. The topological polar surface area (TPSA) is 98.1 Å². The Bertz CT molecular complexity index is 1110. The summed E-state index contributed by atoms with van der Waals surface area (Å²) in [6.45, 7) is 0.831.